The smallest absolute Gasteiger partial charge is 0.263 e. The molecule has 0 bridgehead atoms. The van der Waals surface area contributed by atoms with Crippen molar-refractivity contribution in [2.24, 2.45) is 0 Å². The summed E-state index contributed by atoms with van der Waals surface area (Å²) in [5.74, 6) is 1.23. The number of hydrogen-bond donors (Lipinski definition) is 0. The van der Waals surface area contributed by atoms with Crippen LogP contribution < -0.4 is 4.74 Å². The van der Waals surface area contributed by atoms with E-state index >= 15 is 0 Å². The predicted octanol–water partition coefficient (Wildman–Crippen LogP) is 3.82. The summed E-state index contributed by atoms with van der Waals surface area (Å²) in [5.41, 5.74) is 0.857. The lowest BCUT2D eigenvalue weighted by Gasteiger charge is -2.20. The van der Waals surface area contributed by atoms with Crippen LogP contribution >= 0.6 is 11.6 Å². The molecule has 1 atom stereocenters. The van der Waals surface area contributed by atoms with Gasteiger partial charge in [0, 0.05) is 17.6 Å². The van der Waals surface area contributed by atoms with Crippen molar-refractivity contribution in [3.8, 4) is 17.1 Å². The molecule has 1 aromatic heterocycles. The number of hydrogen-bond acceptors (Lipinski definition) is 5. The molecule has 0 N–H and O–H groups in total. The topological polar surface area (TPSA) is 68.5 Å². The van der Waals surface area contributed by atoms with Gasteiger partial charge in [-0.3, -0.25) is 4.79 Å². The Balaban J connectivity index is 1.60. The Kier molecular flexibility index (Phi) is 5.53. The molecule has 3 rings (SSSR count). The number of benzene rings is 2. The first kappa shape index (κ1) is 17.9. The number of carbonyl (C=O) groups excluding carboxylic acids is 1. The van der Waals surface area contributed by atoms with E-state index in [0.29, 0.717) is 22.5 Å². The SMILES string of the molecule is CC(Oc1ccc(Cl)cc1)C(=O)N(C)Cc1nc(-c2ccccc2)no1. The van der Waals surface area contributed by atoms with Gasteiger partial charge in [-0.1, -0.05) is 47.1 Å². The second kappa shape index (κ2) is 8.01. The second-order valence-corrected chi connectivity index (χ2v) is 6.22. The Hall–Kier alpha value is -2.86. The summed E-state index contributed by atoms with van der Waals surface area (Å²) >= 11 is 5.84. The summed E-state index contributed by atoms with van der Waals surface area (Å²) in [5, 5.41) is 4.56. The van der Waals surface area contributed by atoms with Gasteiger partial charge in [0.1, 0.15) is 5.75 Å². The van der Waals surface area contributed by atoms with E-state index in [4.69, 9.17) is 20.9 Å². The number of halogens is 1. The van der Waals surface area contributed by atoms with Crippen LogP contribution in [-0.2, 0) is 11.3 Å². The summed E-state index contributed by atoms with van der Waals surface area (Å²) in [6, 6.07) is 16.4. The highest BCUT2D eigenvalue weighted by atomic mass is 35.5. The average molecular weight is 372 g/mol. The van der Waals surface area contributed by atoms with E-state index in [2.05, 4.69) is 10.1 Å². The highest BCUT2D eigenvalue weighted by Gasteiger charge is 2.21. The monoisotopic (exact) mass is 371 g/mol. The van der Waals surface area contributed by atoms with E-state index in [1.54, 1.807) is 38.2 Å². The maximum Gasteiger partial charge on any atom is 0.263 e. The lowest BCUT2D eigenvalue weighted by Crippen LogP contribution is -2.37. The molecule has 0 fully saturated rings. The van der Waals surface area contributed by atoms with Gasteiger partial charge in [0.2, 0.25) is 11.7 Å². The number of ether oxygens (including phenoxy) is 1. The Labute approximate surface area is 156 Å². The van der Waals surface area contributed by atoms with Gasteiger partial charge in [-0.05, 0) is 31.2 Å². The minimum atomic E-state index is -0.655. The summed E-state index contributed by atoms with van der Waals surface area (Å²) < 4.78 is 10.9. The van der Waals surface area contributed by atoms with Crippen LogP contribution in [0.25, 0.3) is 11.4 Å². The molecule has 134 valence electrons. The fourth-order valence-electron chi connectivity index (χ4n) is 2.38. The van der Waals surface area contributed by atoms with Gasteiger partial charge in [0.15, 0.2) is 6.10 Å². The van der Waals surface area contributed by atoms with Gasteiger partial charge in [-0.15, -0.1) is 0 Å². The van der Waals surface area contributed by atoms with Crippen LogP contribution in [0.3, 0.4) is 0 Å². The number of carbonyl (C=O) groups is 1. The average Bonchev–Trinajstić information content (AvgIpc) is 3.12. The molecule has 0 aliphatic carbocycles. The largest absolute Gasteiger partial charge is 0.481 e. The van der Waals surface area contributed by atoms with Gasteiger partial charge in [0.25, 0.3) is 5.91 Å². The normalized spacial score (nSPS) is 11.8. The van der Waals surface area contributed by atoms with Crippen molar-refractivity contribution in [1.82, 2.24) is 15.0 Å². The molecule has 0 aliphatic heterocycles. The van der Waals surface area contributed by atoms with Crippen LogP contribution in [0.4, 0.5) is 0 Å². The standard InChI is InChI=1S/C19H18ClN3O3/c1-13(25-16-10-8-15(20)9-11-16)19(24)23(2)12-17-21-18(22-26-17)14-6-4-3-5-7-14/h3-11,13H,12H2,1-2H3. The molecule has 7 heteroatoms. The summed E-state index contributed by atoms with van der Waals surface area (Å²) in [6.45, 7) is 1.89. The fraction of sp³-hybridized carbons (Fsp3) is 0.211. The zero-order valence-electron chi connectivity index (χ0n) is 14.4. The molecule has 6 nitrogen and oxygen atoms in total. The number of rotatable bonds is 6. The molecule has 26 heavy (non-hydrogen) atoms. The van der Waals surface area contributed by atoms with E-state index in [9.17, 15) is 4.79 Å². The summed E-state index contributed by atoms with van der Waals surface area (Å²) in [6.07, 6.45) is -0.655. The van der Waals surface area contributed by atoms with E-state index in [-0.39, 0.29) is 12.5 Å². The van der Waals surface area contributed by atoms with Gasteiger partial charge in [-0.25, -0.2) is 0 Å². The van der Waals surface area contributed by atoms with E-state index in [0.717, 1.165) is 5.56 Å². The van der Waals surface area contributed by atoms with Crippen molar-refractivity contribution < 1.29 is 14.1 Å². The van der Waals surface area contributed by atoms with Crippen molar-refractivity contribution >= 4 is 17.5 Å². The highest BCUT2D eigenvalue weighted by molar-refractivity contribution is 6.30. The molecule has 0 saturated carbocycles. The van der Waals surface area contributed by atoms with Crippen molar-refractivity contribution in [1.29, 1.82) is 0 Å². The molecule has 0 spiro atoms. The minimum Gasteiger partial charge on any atom is -0.481 e. The van der Waals surface area contributed by atoms with Gasteiger partial charge in [-0.2, -0.15) is 4.98 Å². The van der Waals surface area contributed by atoms with Crippen molar-refractivity contribution in [2.45, 2.75) is 19.6 Å². The Morgan fingerprint density at radius 1 is 1.19 bits per heavy atom. The summed E-state index contributed by atoms with van der Waals surface area (Å²) in [7, 11) is 1.66. The van der Waals surface area contributed by atoms with E-state index in [1.807, 2.05) is 30.3 Å². The molecule has 3 aromatic rings. The molecule has 0 aliphatic rings. The second-order valence-electron chi connectivity index (χ2n) is 5.79. The maximum absolute atomic E-state index is 12.5. The third kappa shape index (κ3) is 4.40. The first-order chi connectivity index (χ1) is 12.5. The van der Waals surface area contributed by atoms with Crippen LogP contribution in [0, 0.1) is 0 Å². The quantitative estimate of drug-likeness (QED) is 0.659. The Morgan fingerprint density at radius 2 is 1.88 bits per heavy atom. The van der Waals surface area contributed by atoms with Crippen LogP contribution in [0.15, 0.2) is 59.1 Å². The lowest BCUT2D eigenvalue weighted by atomic mass is 10.2. The first-order valence-corrected chi connectivity index (χ1v) is 8.46. The maximum atomic E-state index is 12.5. The first-order valence-electron chi connectivity index (χ1n) is 8.08. The van der Waals surface area contributed by atoms with Crippen LogP contribution in [-0.4, -0.2) is 34.1 Å². The molecule has 1 unspecified atom stereocenters. The number of nitrogens with zero attached hydrogens (tertiary/aromatic N) is 3. The fourth-order valence-corrected chi connectivity index (χ4v) is 2.51. The van der Waals surface area contributed by atoms with Gasteiger partial charge in [0.05, 0.1) is 6.54 Å². The van der Waals surface area contributed by atoms with Gasteiger partial charge >= 0.3 is 0 Å². The molecule has 1 heterocycles. The van der Waals surface area contributed by atoms with Gasteiger partial charge < -0.3 is 14.2 Å². The predicted molar refractivity (Wildman–Crippen MR) is 97.8 cm³/mol. The van der Waals surface area contributed by atoms with Crippen LogP contribution in [0.1, 0.15) is 12.8 Å². The Morgan fingerprint density at radius 3 is 2.58 bits per heavy atom. The van der Waals surface area contributed by atoms with Crippen molar-refractivity contribution in [3.05, 3.63) is 65.5 Å². The molecule has 0 radical (unpaired) electrons. The van der Waals surface area contributed by atoms with Crippen molar-refractivity contribution in [2.75, 3.05) is 7.05 Å². The van der Waals surface area contributed by atoms with Crippen molar-refractivity contribution in [3.63, 3.8) is 0 Å². The molecule has 0 saturated heterocycles. The molecule has 1 amide bonds. The lowest BCUT2D eigenvalue weighted by molar-refractivity contribution is -0.137. The minimum absolute atomic E-state index is 0.195. The number of amides is 1. The molecular formula is C19H18ClN3O3. The highest BCUT2D eigenvalue weighted by Crippen LogP contribution is 2.18. The molecule has 2 aromatic carbocycles. The third-order valence-electron chi connectivity index (χ3n) is 3.72. The molecular weight excluding hydrogens is 354 g/mol. The zero-order chi connectivity index (χ0) is 18.5. The third-order valence-corrected chi connectivity index (χ3v) is 3.97. The number of aromatic nitrogens is 2. The van der Waals surface area contributed by atoms with Crippen LogP contribution in [0.2, 0.25) is 5.02 Å². The summed E-state index contributed by atoms with van der Waals surface area (Å²) in [4.78, 5) is 18.3. The zero-order valence-corrected chi connectivity index (χ0v) is 15.2. The number of likely N-dealkylation sites (N-methyl/N-ethyl adjacent to an activating group) is 1. The Bertz CT molecular complexity index is 865. The van der Waals surface area contributed by atoms with E-state index < -0.39 is 6.10 Å². The van der Waals surface area contributed by atoms with Crippen LogP contribution in [0.5, 0.6) is 5.75 Å². The van der Waals surface area contributed by atoms with E-state index in [1.165, 1.54) is 4.90 Å².